The van der Waals surface area contributed by atoms with Crippen molar-refractivity contribution in [2.75, 3.05) is 6.54 Å². The van der Waals surface area contributed by atoms with Gasteiger partial charge in [-0.25, -0.2) is 8.42 Å². The summed E-state index contributed by atoms with van der Waals surface area (Å²) < 4.78 is 27.2. The van der Waals surface area contributed by atoms with Crippen molar-refractivity contribution in [2.24, 2.45) is 5.92 Å². The molecule has 108 valence electrons. The normalized spacial score (nSPS) is 15.6. The summed E-state index contributed by atoms with van der Waals surface area (Å²) in [5.41, 5.74) is 1.06. The van der Waals surface area contributed by atoms with E-state index >= 15 is 0 Å². The summed E-state index contributed by atoms with van der Waals surface area (Å²) in [7, 11) is -3.54. The third kappa shape index (κ3) is 3.02. The van der Waals surface area contributed by atoms with Gasteiger partial charge < -0.3 is 0 Å². The predicted octanol–water partition coefficient (Wildman–Crippen LogP) is 2.68. The third-order valence-corrected chi connectivity index (χ3v) is 5.80. The van der Waals surface area contributed by atoms with E-state index in [1.54, 1.807) is 23.4 Å². The molecule has 0 amide bonds. The van der Waals surface area contributed by atoms with Crippen LogP contribution in [0.5, 0.6) is 0 Å². The zero-order valence-corrected chi connectivity index (χ0v) is 12.9. The molecule has 0 atom stereocenters. The second kappa shape index (κ2) is 5.55. The maximum atomic E-state index is 12.8. The molecule has 5 heteroatoms. The molecule has 0 saturated heterocycles. The van der Waals surface area contributed by atoms with Gasteiger partial charge in [-0.2, -0.15) is 9.57 Å². The molecule has 0 spiro atoms. The lowest BCUT2D eigenvalue weighted by Gasteiger charge is -2.26. The SMILES string of the molecule is Cc1ccc(C#N)cc1S(=O)(=O)N(CC1CC1)C(C)C. The first kappa shape index (κ1) is 15.0. The molecule has 0 bridgehead atoms. The summed E-state index contributed by atoms with van der Waals surface area (Å²) in [6.45, 7) is 6.13. The quantitative estimate of drug-likeness (QED) is 0.838. The van der Waals surface area contributed by atoms with Crippen molar-refractivity contribution in [1.82, 2.24) is 4.31 Å². The fourth-order valence-electron chi connectivity index (χ4n) is 2.22. The minimum atomic E-state index is -3.54. The van der Waals surface area contributed by atoms with Gasteiger partial charge in [-0.05, 0) is 57.2 Å². The van der Waals surface area contributed by atoms with Crippen molar-refractivity contribution in [2.45, 2.75) is 44.6 Å². The summed E-state index contributed by atoms with van der Waals surface area (Å²) in [5.74, 6) is 0.492. The fraction of sp³-hybridized carbons (Fsp3) is 0.533. The van der Waals surface area contributed by atoms with Gasteiger partial charge in [-0.3, -0.25) is 0 Å². The van der Waals surface area contributed by atoms with Gasteiger partial charge in [-0.1, -0.05) is 6.07 Å². The molecule has 20 heavy (non-hydrogen) atoms. The maximum Gasteiger partial charge on any atom is 0.243 e. The molecule has 1 aliphatic rings. The van der Waals surface area contributed by atoms with E-state index in [2.05, 4.69) is 0 Å². The summed E-state index contributed by atoms with van der Waals surface area (Å²) >= 11 is 0. The van der Waals surface area contributed by atoms with E-state index in [1.807, 2.05) is 19.9 Å². The summed E-state index contributed by atoms with van der Waals surface area (Å²) in [6.07, 6.45) is 2.21. The van der Waals surface area contributed by atoms with E-state index in [4.69, 9.17) is 5.26 Å². The Kier molecular flexibility index (Phi) is 4.17. The van der Waals surface area contributed by atoms with Crippen molar-refractivity contribution in [3.8, 4) is 6.07 Å². The van der Waals surface area contributed by atoms with Gasteiger partial charge in [0.05, 0.1) is 16.5 Å². The maximum absolute atomic E-state index is 12.8. The molecular formula is C15H20N2O2S. The standard InChI is InChI=1S/C15H20N2O2S/c1-11(2)17(10-13-6-7-13)20(18,19)15-8-14(9-16)5-4-12(15)3/h4-5,8,11,13H,6-7,10H2,1-3H3. The average Bonchev–Trinajstić information content (AvgIpc) is 3.19. The Morgan fingerprint density at radius 1 is 1.40 bits per heavy atom. The van der Waals surface area contributed by atoms with Gasteiger partial charge in [0.2, 0.25) is 10.0 Å². The zero-order chi connectivity index (χ0) is 14.9. The lowest BCUT2D eigenvalue weighted by molar-refractivity contribution is 0.341. The van der Waals surface area contributed by atoms with Crippen LogP contribution in [0.25, 0.3) is 0 Å². The van der Waals surface area contributed by atoms with Gasteiger partial charge in [0.15, 0.2) is 0 Å². The van der Waals surface area contributed by atoms with Crippen LogP contribution < -0.4 is 0 Å². The topological polar surface area (TPSA) is 61.2 Å². The highest BCUT2D eigenvalue weighted by atomic mass is 32.2. The van der Waals surface area contributed by atoms with Crippen LogP contribution in [-0.2, 0) is 10.0 Å². The van der Waals surface area contributed by atoms with Crippen LogP contribution in [-0.4, -0.2) is 25.3 Å². The number of nitrogens with zero attached hydrogens (tertiary/aromatic N) is 2. The number of hydrogen-bond donors (Lipinski definition) is 0. The Bertz CT molecular complexity index is 640. The molecule has 1 aromatic rings. The van der Waals surface area contributed by atoms with Crippen LogP contribution in [0.15, 0.2) is 23.1 Å². The number of hydrogen-bond acceptors (Lipinski definition) is 3. The van der Waals surface area contributed by atoms with Crippen LogP contribution in [0.2, 0.25) is 0 Å². The molecule has 1 aromatic carbocycles. The van der Waals surface area contributed by atoms with E-state index in [0.717, 1.165) is 12.8 Å². The molecule has 4 nitrogen and oxygen atoms in total. The Balaban J connectivity index is 2.44. The second-order valence-electron chi connectivity index (χ2n) is 5.70. The minimum absolute atomic E-state index is 0.0780. The molecule has 0 aromatic heterocycles. The lowest BCUT2D eigenvalue weighted by atomic mass is 10.2. The van der Waals surface area contributed by atoms with Crippen molar-refractivity contribution in [3.63, 3.8) is 0 Å². The van der Waals surface area contributed by atoms with E-state index in [9.17, 15) is 8.42 Å². The first-order valence-corrected chi connectivity index (χ1v) is 8.33. The summed E-state index contributed by atoms with van der Waals surface area (Å²) in [4.78, 5) is 0.255. The number of sulfonamides is 1. The van der Waals surface area contributed by atoms with Gasteiger partial charge >= 0.3 is 0 Å². The van der Waals surface area contributed by atoms with Crippen molar-refractivity contribution >= 4 is 10.0 Å². The van der Waals surface area contributed by atoms with Crippen LogP contribution in [0.1, 0.15) is 37.8 Å². The summed E-state index contributed by atoms with van der Waals surface area (Å²) in [5, 5.41) is 8.96. The average molecular weight is 292 g/mol. The third-order valence-electron chi connectivity index (χ3n) is 3.61. The number of rotatable bonds is 5. The number of benzene rings is 1. The smallest absolute Gasteiger partial charge is 0.207 e. The summed E-state index contributed by atoms with van der Waals surface area (Å²) in [6, 6.07) is 6.75. The minimum Gasteiger partial charge on any atom is -0.207 e. The monoisotopic (exact) mass is 292 g/mol. The molecule has 0 N–H and O–H groups in total. The fourth-order valence-corrected chi connectivity index (χ4v) is 4.18. The molecule has 2 rings (SSSR count). The first-order valence-electron chi connectivity index (χ1n) is 6.89. The molecular weight excluding hydrogens is 272 g/mol. The van der Waals surface area contributed by atoms with Crippen molar-refractivity contribution in [1.29, 1.82) is 5.26 Å². The molecule has 0 aliphatic heterocycles. The van der Waals surface area contributed by atoms with E-state index in [0.29, 0.717) is 23.6 Å². The Labute approximate surface area is 121 Å². The van der Waals surface area contributed by atoms with E-state index in [-0.39, 0.29) is 10.9 Å². The molecule has 0 unspecified atom stereocenters. The van der Waals surface area contributed by atoms with Gasteiger partial charge in [0.1, 0.15) is 0 Å². The lowest BCUT2D eigenvalue weighted by Crippen LogP contribution is -2.38. The largest absolute Gasteiger partial charge is 0.243 e. The molecule has 0 radical (unpaired) electrons. The zero-order valence-electron chi connectivity index (χ0n) is 12.1. The Morgan fingerprint density at radius 3 is 2.55 bits per heavy atom. The van der Waals surface area contributed by atoms with Crippen molar-refractivity contribution < 1.29 is 8.42 Å². The molecule has 0 heterocycles. The van der Waals surface area contributed by atoms with Crippen LogP contribution in [0, 0.1) is 24.2 Å². The highest BCUT2D eigenvalue weighted by molar-refractivity contribution is 7.89. The highest BCUT2D eigenvalue weighted by Crippen LogP contribution is 2.33. The Morgan fingerprint density at radius 2 is 2.05 bits per heavy atom. The van der Waals surface area contributed by atoms with Gasteiger partial charge in [0.25, 0.3) is 0 Å². The predicted molar refractivity (Wildman–Crippen MR) is 77.6 cm³/mol. The molecule has 1 fully saturated rings. The molecule has 1 aliphatic carbocycles. The number of aryl methyl sites for hydroxylation is 1. The van der Waals surface area contributed by atoms with Gasteiger partial charge in [0, 0.05) is 12.6 Å². The number of nitriles is 1. The van der Waals surface area contributed by atoms with Crippen LogP contribution >= 0.6 is 0 Å². The first-order chi connectivity index (χ1) is 9.36. The van der Waals surface area contributed by atoms with Gasteiger partial charge in [-0.15, -0.1) is 0 Å². The van der Waals surface area contributed by atoms with Crippen molar-refractivity contribution in [3.05, 3.63) is 29.3 Å². The molecule has 1 saturated carbocycles. The second-order valence-corrected chi connectivity index (χ2v) is 7.56. The van der Waals surface area contributed by atoms with E-state index < -0.39 is 10.0 Å². The highest BCUT2D eigenvalue weighted by Gasteiger charge is 2.34. The Hall–Kier alpha value is -1.38. The van der Waals surface area contributed by atoms with E-state index in [1.165, 1.54) is 6.07 Å². The van der Waals surface area contributed by atoms with Crippen LogP contribution in [0.3, 0.4) is 0 Å². The van der Waals surface area contributed by atoms with Crippen LogP contribution in [0.4, 0.5) is 0 Å².